The molecule has 2 aromatic rings. The van der Waals surface area contributed by atoms with E-state index in [-0.39, 0.29) is 24.8 Å². The molecule has 0 aromatic heterocycles. The first-order valence-electron chi connectivity index (χ1n) is 8.05. The van der Waals surface area contributed by atoms with Crippen molar-refractivity contribution in [2.45, 2.75) is 21.1 Å². The Bertz CT molecular complexity index is 727. The molecular formula is C22H22Cl2Zr. The molecule has 0 N–H and O–H groups in total. The Balaban J connectivity index is 0.000000755. The van der Waals surface area contributed by atoms with Crippen LogP contribution in [0.1, 0.15) is 40.6 Å². The van der Waals surface area contributed by atoms with Gasteiger partial charge in [0.2, 0.25) is 0 Å². The second-order valence-corrected chi connectivity index (χ2v) is 9.87. The van der Waals surface area contributed by atoms with Crippen molar-refractivity contribution in [2.24, 2.45) is 0 Å². The smallest absolute Gasteiger partial charge is 1.00 e. The van der Waals surface area contributed by atoms with Crippen molar-refractivity contribution in [1.29, 1.82) is 0 Å². The summed E-state index contributed by atoms with van der Waals surface area (Å²) in [5, 5.41) is 0. The van der Waals surface area contributed by atoms with Crippen LogP contribution < -0.4 is 24.8 Å². The predicted molar refractivity (Wildman–Crippen MR) is 97.2 cm³/mol. The van der Waals surface area contributed by atoms with Crippen molar-refractivity contribution in [3.8, 4) is 0 Å². The molecule has 0 spiro atoms. The van der Waals surface area contributed by atoms with E-state index in [9.17, 15) is 0 Å². The summed E-state index contributed by atoms with van der Waals surface area (Å²) in [4.78, 5) is 0. The molecular weight excluding hydrogens is 426 g/mol. The Hall–Kier alpha value is -0.877. The van der Waals surface area contributed by atoms with Gasteiger partial charge in [0, 0.05) is 0 Å². The van der Waals surface area contributed by atoms with Crippen molar-refractivity contribution in [3.63, 3.8) is 0 Å². The third kappa shape index (κ3) is 4.28. The first kappa shape index (κ1) is 22.2. The van der Waals surface area contributed by atoms with Gasteiger partial charge in [-0.1, -0.05) is 0 Å². The number of allylic oxidation sites excluding steroid dienone is 2. The van der Waals surface area contributed by atoms with E-state index in [4.69, 9.17) is 0 Å². The number of rotatable bonds is 2. The van der Waals surface area contributed by atoms with Crippen molar-refractivity contribution < 1.29 is 48.0 Å². The fourth-order valence-electron chi connectivity index (χ4n) is 3.48. The van der Waals surface area contributed by atoms with Crippen LogP contribution in [0, 0.1) is 13.8 Å². The molecule has 0 bridgehead atoms. The zero-order valence-electron chi connectivity index (χ0n) is 14.6. The van der Waals surface area contributed by atoms with Gasteiger partial charge in [-0.2, -0.15) is 0 Å². The summed E-state index contributed by atoms with van der Waals surface area (Å²) in [5.41, 5.74) is 8.96. The summed E-state index contributed by atoms with van der Waals surface area (Å²) in [7, 11) is 0. The summed E-state index contributed by atoms with van der Waals surface area (Å²) >= 11 is -0.581. The molecule has 2 aliphatic rings. The Kier molecular flexibility index (Phi) is 8.62. The molecule has 0 heterocycles. The van der Waals surface area contributed by atoms with Crippen LogP contribution in [0.15, 0.2) is 61.7 Å². The van der Waals surface area contributed by atoms with Gasteiger partial charge in [0.05, 0.1) is 0 Å². The van der Waals surface area contributed by atoms with Crippen molar-refractivity contribution in [1.82, 2.24) is 0 Å². The van der Waals surface area contributed by atoms with Crippen molar-refractivity contribution in [3.05, 3.63) is 95.1 Å². The van der Waals surface area contributed by atoms with Gasteiger partial charge in [0.15, 0.2) is 0 Å². The number of hydrogen-bond donors (Lipinski definition) is 0. The molecule has 2 atom stereocenters. The maximum absolute atomic E-state index is 3.00. The maximum Gasteiger partial charge on any atom is -1.00 e. The SMILES string of the molecule is C=C.Cc1cccc2c1C=C[CH]2[Zr+2][CH]1C=Cc2c(C)cccc21.[Cl-].[Cl-]. The van der Waals surface area contributed by atoms with Crippen molar-refractivity contribution >= 4 is 12.2 Å². The minimum absolute atomic E-state index is 0. The second-order valence-electron chi connectivity index (χ2n) is 6.00. The zero-order chi connectivity index (χ0) is 16.4. The standard InChI is InChI=1S/2C10H9.C2H4.2ClH.Zr/c2*1-8-4-2-5-9-6-3-7-10(8)9;1-2;;;/h2*2-7H,1H3;1-2H2;2*1H;/q;;;;;+2/p-2. The maximum atomic E-state index is 3.00. The summed E-state index contributed by atoms with van der Waals surface area (Å²) in [6.45, 7) is 10.5. The van der Waals surface area contributed by atoms with Crippen LogP contribution in [-0.2, 0) is 23.2 Å². The minimum atomic E-state index is -0.581. The van der Waals surface area contributed by atoms with Gasteiger partial charge in [-0.25, -0.2) is 0 Å². The fraction of sp³-hybridized carbons (Fsp3) is 0.182. The molecule has 0 nitrogen and oxygen atoms in total. The Morgan fingerprint density at radius 2 is 1.12 bits per heavy atom. The molecule has 2 unspecified atom stereocenters. The van der Waals surface area contributed by atoms with Crippen LogP contribution in [0.5, 0.6) is 0 Å². The van der Waals surface area contributed by atoms with E-state index in [0.29, 0.717) is 0 Å². The second kappa shape index (κ2) is 9.72. The molecule has 0 fully saturated rings. The summed E-state index contributed by atoms with van der Waals surface area (Å²) < 4.78 is 1.45. The molecule has 0 saturated carbocycles. The molecule has 2 aromatic carbocycles. The normalized spacial score (nSPS) is 18.0. The summed E-state index contributed by atoms with van der Waals surface area (Å²) in [6, 6.07) is 13.6. The quantitative estimate of drug-likeness (QED) is 0.569. The molecule has 25 heavy (non-hydrogen) atoms. The molecule has 0 radical (unpaired) electrons. The van der Waals surface area contributed by atoms with Gasteiger partial charge in [0.1, 0.15) is 0 Å². The number of hydrogen-bond acceptors (Lipinski definition) is 0. The van der Waals surface area contributed by atoms with Gasteiger partial charge in [0.25, 0.3) is 0 Å². The molecule has 0 aliphatic heterocycles. The third-order valence-corrected chi connectivity index (χ3v) is 8.90. The van der Waals surface area contributed by atoms with E-state index < -0.39 is 23.2 Å². The van der Waals surface area contributed by atoms with Crippen LogP contribution in [0.4, 0.5) is 0 Å². The molecule has 2 aliphatic carbocycles. The number of fused-ring (bicyclic) bond motifs is 2. The molecule has 0 saturated heterocycles. The Morgan fingerprint density at radius 3 is 1.52 bits per heavy atom. The Labute approximate surface area is 175 Å². The first-order chi connectivity index (χ1) is 11.2. The average molecular weight is 449 g/mol. The van der Waals surface area contributed by atoms with Gasteiger partial charge in [-0.15, -0.1) is 13.2 Å². The Morgan fingerprint density at radius 1 is 0.720 bits per heavy atom. The third-order valence-electron chi connectivity index (χ3n) is 4.66. The van der Waals surface area contributed by atoms with Gasteiger partial charge < -0.3 is 24.8 Å². The van der Waals surface area contributed by atoms with Gasteiger partial charge in [-0.3, -0.25) is 0 Å². The summed E-state index contributed by atoms with van der Waals surface area (Å²) in [6.07, 6.45) is 9.63. The van der Waals surface area contributed by atoms with E-state index in [2.05, 4.69) is 87.7 Å². The van der Waals surface area contributed by atoms with Crippen LogP contribution in [-0.4, -0.2) is 0 Å². The predicted octanol–water partition coefficient (Wildman–Crippen LogP) is 0.0321. The van der Waals surface area contributed by atoms with E-state index >= 15 is 0 Å². The van der Waals surface area contributed by atoms with Crippen molar-refractivity contribution in [2.75, 3.05) is 0 Å². The monoisotopic (exact) mass is 446 g/mol. The molecule has 4 rings (SSSR count). The topological polar surface area (TPSA) is 0 Å². The van der Waals surface area contributed by atoms with Crippen LogP contribution >= 0.6 is 0 Å². The molecule has 3 heteroatoms. The number of halogens is 2. The zero-order valence-corrected chi connectivity index (χ0v) is 18.6. The van der Waals surface area contributed by atoms with E-state index in [1.165, 1.54) is 22.3 Å². The van der Waals surface area contributed by atoms with Crippen LogP contribution in [0.25, 0.3) is 12.2 Å². The van der Waals surface area contributed by atoms with Crippen LogP contribution in [0.3, 0.4) is 0 Å². The van der Waals surface area contributed by atoms with E-state index in [0.717, 1.165) is 7.25 Å². The van der Waals surface area contributed by atoms with Crippen LogP contribution in [0.2, 0.25) is 0 Å². The number of aryl methyl sites for hydroxylation is 2. The van der Waals surface area contributed by atoms with Gasteiger partial charge in [-0.05, 0) is 0 Å². The fourth-order valence-corrected chi connectivity index (χ4v) is 7.57. The minimum Gasteiger partial charge on any atom is -1.00 e. The first-order valence-corrected chi connectivity index (χ1v) is 10.9. The number of benzene rings is 2. The average Bonchev–Trinajstić information content (AvgIpc) is 3.17. The largest absolute Gasteiger partial charge is 1.00 e. The van der Waals surface area contributed by atoms with E-state index in [1.807, 2.05) is 0 Å². The summed E-state index contributed by atoms with van der Waals surface area (Å²) in [5.74, 6) is 0. The molecule has 0 amide bonds. The van der Waals surface area contributed by atoms with Gasteiger partial charge >= 0.3 is 138 Å². The molecule has 128 valence electrons. The van der Waals surface area contributed by atoms with E-state index in [1.54, 1.807) is 11.1 Å².